The molecule has 0 unspecified atom stereocenters. The Kier molecular flexibility index (Phi) is 3.91. The summed E-state index contributed by atoms with van der Waals surface area (Å²) in [5.41, 5.74) is -0.555. The zero-order chi connectivity index (χ0) is 11.3. The molecule has 0 saturated carbocycles. The Labute approximate surface area is 89.3 Å². The van der Waals surface area contributed by atoms with E-state index in [4.69, 9.17) is 9.52 Å². The van der Waals surface area contributed by atoms with Crippen molar-refractivity contribution in [3.05, 3.63) is 24.2 Å². The van der Waals surface area contributed by atoms with Crippen LogP contribution >= 0.6 is 0 Å². The van der Waals surface area contributed by atoms with E-state index in [-0.39, 0.29) is 12.5 Å². The van der Waals surface area contributed by atoms with Crippen LogP contribution < -0.4 is 5.32 Å². The van der Waals surface area contributed by atoms with Gasteiger partial charge < -0.3 is 14.8 Å². The van der Waals surface area contributed by atoms with E-state index >= 15 is 0 Å². The fraction of sp³-hybridized carbons (Fsp3) is 0.545. The fourth-order valence-electron chi connectivity index (χ4n) is 1.17. The number of hydrogen-bond donors (Lipinski definition) is 2. The van der Waals surface area contributed by atoms with E-state index in [0.29, 0.717) is 12.8 Å². The van der Waals surface area contributed by atoms with Crippen molar-refractivity contribution in [1.82, 2.24) is 5.32 Å². The molecule has 0 aromatic carbocycles. The normalized spacial score (nSPS) is 11.4. The Morgan fingerprint density at radius 2 is 2.33 bits per heavy atom. The van der Waals surface area contributed by atoms with Crippen LogP contribution in [0.1, 0.15) is 26.0 Å². The minimum Gasteiger partial charge on any atom is -0.469 e. The maximum atomic E-state index is 11.4. The standard InChI is InChI=1S/C11H17NO3/c1-11(2,8-13)12-10(14)6-5-9-4-3-7-15-9/h3-4,7,13H,5-6,8H2,1-2H3,(H,12,14). The summed E-state index contributed by atoms with van der Waals surface area (Å²) in [6.45, 7) is 3.48. The van der Waals surface area contributed by atoms with E-state index in [1.807, 2.05) is 6.07 Å². The summed E-state index contributed by atoms with van der Waals surface area (Å²) in [5.74, 6) is 0.720. The van der Waals surface area contributed by atoms with E-state index < -0.39 is 5.54 Å². The van der Waals surface area contributed by atoms with Gasteiger partial charge in [0.05, 0.1) is 18.4 Å². The van der Waals surface area contributed by atoms with Crippen LogP contribution in [0.15, 0.2) is 22.8 Å². The van der Waals surface area contributed by atoms with Gasteiger partial charge in [-0.05, 0) is 26.0 Å². The quantitative estimate of drug-likeness (QED) is 0.766. The van der Waals surface area contributed by atoms with Gasteiger partial charge in [-0.1, -0.05) is 0 Å². The first-order valence-corrected chi connectivity index (χ1v) is 4.98. The van der Waals surface area contributed by atoms with Gasteiger partial charge in [-0.3, -0.25) is 4.79 Å². The molecule has 0 aliphatic rings. The Hall–Kier alpha value is -1.29. The maximum Gasteiger partial charge on any atom is 0.220 e. The zero-order valence-corrected chi connectivity index (χ0v) is 9.12. The van der Waals surface area contributed by atoms with Crippen molar-refractivity contribution in [1.29, 1.82) is 0 Å². The summed E-state index contributed by atoms with van der Waals surface area (Å²) in [5, 5.41) is 11.7. The average Bonchev–Trinajstić information content (AvgIpc) is 2.66. The molecule has 4 heteroatoms. The van der Waals surface area contributed by atoms with E-state index in [1.54, 1.807) is 26.2 Å². The predicted molar refractivity (Wildman–Crippen MR) is 56.3 cm³/mol. The van der Waals surface area contributed by atoms with Crippen molar-refractivity contribution in [3.63, 3.8) is 0 Å². The van der Waals surface area contributed by atoms with Gasteiger partial charge in [0.1, 0.15) is 5.76 Å². The number of carbonyl (C=O) groups is 1. The minimum absolute atomic E-state index is 0.0699. The van der Waals surface area contributed by atoms with E-state index in [0.717, 1.165) is 5.76 Å². The topological polar surface area (TPSA) is 62.5 Å². The van der Waals surface area contributed by atoms with Crippen molar-refractivity contribution in [2.24, 2.45) is 0 Å². The van der Waals surface area contributed by atoms with Gasteiger partial charge in [0.25, 0.3) is 0 Å². The summed E-state index contributed by atoms with van der Waals surface area (Å²) in [6, 6.07) is 3.63. The maximum absolute atomic E-state index is 11.4. The number of carbonyl (C=O) groups excluding carboxylic acids is 1. The molecular formula is C11H17NO3. The van der Waals surface area contributed by atoms with Gasteiger partial charge in [-0.2, -0.15) is 0 Å². The third-order valence-electron chi connectivity index (χ3n) is 2.05. The molecule has 0 bridgehead atoms. The van der Waals surface area contributed by atoms with Crippen LogP contribution in [0.3, 0.4) is 0 Å². The first kappa shape index (κ1) is 11.8. The van der Waals surface area contributed by atoms with Crippen LogP contribution in [0.4, 0.5) is 0 Å². The second kappa shape index (κ2) is 4.98. The Balaban J connectivity index is 2.31. The van der Waals surface area contributed by atoms with Crippen molar-refractivity contribution in [2.75, 3.05) is 6.61 Å². The van der Waals surface area contributed by atoms with Gasteiger partial charge in [-0.25, -0.2) is 0 Å². The molecule has 84 valence electrons. The van der Waals surface area contributed by atoms with E-state index in [1.165, 1.54) is 0 Å². The second-order valence-corrected chi connectivity index (χ2v) is 4.17. The monoisotopic (exact) mass is 211 g/mol. The molecule has 0 atom stereocenters. The summed E-state index contributed by atoms with van der Waals surface area (Å²) in [4.78, 5) is 11.4. The van der Waals surface area contributed by atoms with E-state index in [9.17, 15) is 4.79 Å². The number of rotatable bonds is 5. The number of aryl methyl sites for hydroxylation is 1. The third kappa shape index (κ3) is 4.16. The molecule has 0 aliphatic carbocycles. The predicted octanol–water partition coefficient (Wildman–Crippen LogP) is 1.10. The first-order valence-electron chi connectivity index (χ1n) is 4.98. The molecule has 0 saturated heterocycles. The Bertz CT molecular complexity index is 304. The molecule has 1 heterocycles. The second-order valence-electron chi connectivity index (χ2n) is 4.17. The molecule has 15 heavy (non-hydrogen) atoms. The summed E-state index contributed by atoms with van der Waals surface area (Å²) in [7, 11) is 0. The third-order valence-corrected chi connectivity index (χ3v) is 2.05. The van der Waals surface area contributed by atoms with Crippen LogP contribution in [0.25, 0.3) is 0 Å². The van der Waals surface area contributed by atoms with Crippen LogP contribution in [0.5, 0.6) is 0 Å². The molecule has 1 aromatic heterocycles. The van der Waals surface area contributed by atoms with Crippen LogP contribution in [0, 0.1) is 0 Å². The fourth-order valence-corrected chi connectivity index (χ4v) is 1.17. The lowest BCUT2D eigenvalue weighted by Crippen LogP contribution is -2.46. The lowest BCUT2D eigenvalue weighted by atomic mass is 10.1. The number of aliphatic hydroxyl groups is 1. The Morgan fingerprint density at radius 3 is 2.87 bits per heavy atom. The highest BCUT2D eigenvalue weighted by Crippen LogP contribution is 2.05. The number of furan rings is 1. The number of nitrogens with one attached hydrogen (secondary N) is 1. The van der Waals surface area contributed by atoms with Crippen molar-refractivity contribution >= 4 is 5.91 Å². The first-order chi connectivity index (χ1) is 7.03. The molecule has 4 nitrogen and oxygen atoms in total. The van der Waals surface area contributed by atoms with Crippen molar-refractivity contribution < 1.29 is 14.3 Å². The Morgan fingerprint density at radius 1 is 1.60 bits per heavy atom. The summed E-state index contributed by atoms with van der Waals surface area (Å²) >= 11 is 0. The molecule has 1 rings (SSSR count). The van der Waals surface area contributed by atoms with Gasteiger partial charge in [0.15, 0.2) is 0 Å². The van der Waals surface area contributed by atoms with Crippen molar-refractivity contribution in [2.45, 2.75) is 32.2 Å². The highest BCUT2D eigenvalue weighted by atomic mass is 16.3. The number of amides is 1. The zero-order valence-electron chi connectivity index (χ0n) is 9.12. The number of hydrogen-bond acceptors (Lipinski definition) is 3. The SMILES string of the molecule is CC(C)(CO)NC(=O)CCc1ccco1. The molecule has 1 aromatic rings. The van der Waals surface area contributed by atoms with Crippen molar-refractivity contribution in [3.8, 4) is 0 Å². The molecule has 0 fully saturated rings. The lowest BCUT2D eigenvalue weighted by Gasteiger charge is -2.23. The lowest BCUT2D eigenvalue weighted by molar-refractivity contribution is -0.123. The molecule has 1 amide bonds. The average molecular weight is 211 g/mol. The van der Waals surface area contributed by atoms with Gasteiger partial charge in [-0.15, -0.1) is 0 Å². The highest BCUT2D eigenvalue weighted by Gasteiger charge is 2.18. The van der Waals surface area contributed by atoms with Gasteiger partial charge >= 0.3 is 0 Å². The molecule has 2 N–H and O–H groups in total. The van der Waals surface area contributed by atoms with Crippen LogP contribution in [0.2, 0.25) is 0 Å². The van der Waals surface area contributed by atoms with Gasteiger partial charge in [0.2, 0.25) is 5.91 Å². The van der Waals surface area contributed by atoms with E-state index in [2.05, 4.69) is 5.32 Å². The molecule has 0 aliphatic heterocycles. The minimum atomic E-state index is -0.555. The van der Waals surface area contributed by atoms with Crippen LogP contribution in [-0.4, -0.2) is 23.2 Å². The molecular weight excluding hydrogens is 194 g/mol. The largest absolute Gasteiger partial charge is 0.469 e. The van der Waals surface area contributed by atoms with Crippen LogP contribution in [-0.2, 0) is 11.2 Å². The summed E-state index contributed by atoms with van der Waals surface area (Å²) in [6.07, 6.45) is 2.54. The molecule has 0 radical (unpaired) electrons. The molecule has 0 spiro atoms. The highest BCUT2D eigenvalue weighted by molar-refractivity contribution is 5.76. The van der Waals surface area contributed by atoms with Gasteiger partial charge in [0, 0.05) is 12.8 Å². The smallest absolute Gasteiger partial charge is 0.220 e. The summed E-state index contributed by atoms with van der Waals surface area (Å²) < 4.78 is 5.11. The number of aliphatic hydroxyl groups excluding tert-OH is 1.